The van der Waals surface area contributed by atoms with Gasteiger partial charge in [0.05, 0.1) is 4.90 Å². The molecule has 3 rings (SSSR count). The Morgan fingerprint density at radius 3 is 2.82 bits per heavy atom. The van der Waals surface area contributed by atoms with Crippen LogP contribution in [0.5, 0.6) is 0 Å². The van der Waals surface area contributed by atoms with Gasteiger partial charge in [-0.3, -0.25) is 0 Å². The predicted molar refractivity (Wildman–Crippen MR) is 86.4 cm³/mol. The van der Waals surface area contributed by atoms with Gasteiger partial charge in [-0.05, 0) is 43.2 Å². The van der Waals surface area contributed by atoms with E-state index in [1.807, 2.05) is 31.2 Å². The van der Waals surface area contributed by atoms with E-state index in [4.69, 9.17) is 0 Å². The Hall–Kier alpha value is -1.92. The molecule has 0 radical (unpaired) electrons. The van der Waals surface area contributed by atoms with Crippen molar-refractivity contribution in [1.82, 2.24) is 9.71 Å². The third-order valence-corrected chi connectivity index (χ3v) is 5.30. The van der Waals surface area contributed by atoms with E-state index in [1.54, 1.807) is 24.4 Å². The average molecular weight is 317 g/mol. The van der Waals surface area contributed by atoms with Crippen LogP contribution in [0.4, 0.5) is 5.82 Å². The van der Waals surface area contributed by atoms with E-state index in [2.05, 4.69) is 14.6 Å². The fourth-order valence-corrected chi connectivity index (χ4v) is 4.04. The van der Waals surface area contributed by atoms with Gasteiger partial charge in [-0.2, -0.15) is 0 Å². The first-order valence-corrected chi connectivity index (χ1v) is 8.78. The van der Waals surface area contributed by atoms with Crippen molar-refractivity contribution in [2.24, 2.45) is 0 Å². The Bertz CT molecular complexity index is 747. The lowest BCUT2D eigenvalue weighted by Crippen LogP contribution is -2.37. The van der Waals surface area contributed by atoms with E-state index in [1.165, 1.54) is 0 Å². The summed E-state index contributed by atoms with van der Waals surface area (Å²) < 4.78 is 27.7. The van der Waals surface area contributed by atoms with E-state index in [0.717, 1.165) is 24.3 Å². The summed E-state index contributed by atoms with van der Waals surface area (Å²) in [4.78, 5) is 6.73. The molecule has 1 N–H and O–H groups in total. The van der Waals surface area contributed by atoms with E-state index in [0.29, 0.717) is 11.4 Å². The zero-order valence-electron chi connectivity index (χ0n) is 12.4. The molecule has 0 bridgehead atoms. The van der Waals surface area contributed by atoms with Crippen molar-refractivity contribution in [3.63, 3.8) is 0 Å². The summed E-state index contributed by atoms with van der Waals surface area (Å²) in [6.07, 6.45) is 2.53. The van der Waals surface area contributed by atoms with Gasteiger partial charge < -0.3 is 4.90 Å². The van der Waals surface area contributed by atoms with Crippen molar-refractivity contribution in [2.75, 3.05) is 18.0 Å². The highest BCUT2D eigenvalue weighted by Crippen LogP contribution is 2.19. The Morgan fingerprint density at radius 2 is 2.09 bits per heavy atom. The fourth-order valence-electron chi connectivity index (χ4n) is 2.68. The highest BCUT2D eigenvalue weighted by atomic mass is 32.2. The Balaban J connectivity index is 1.69. The van der Waals surface area contributed by atoms with Crippen LogP contribution in [0.15, 0.2) is 53.6 Å². The van der Waals surface area contributed by atoms with Crippen LogP contribution in [0.2, 0.25) is 0 Å². The van der Waals surface area contributed by atoms with E-state index < -0.39 is 10.0 Å². The van der Waals surface area contributed by atoms with Gasteiger partial charge in [0.15, 0.2) is 0 Å². The number of benzene rings is 1. The average Bonchev–Trinajstić information content (AvgIpc) is 2.96. The number of pyridine rings is 1. The third-order valence-electron chi connectivity index (χ3n) is 3.78. The summed E-state index contributed by atoms with van der Waals surface area (Å²) in [5.74, 6) is 0.889. The van der Waals surface area contributed by atoms with Crippen molar-refractivity contribution in [1.29, 1.82) is 0 Å². The molecule has 0 aliphatic carbocycles. The van der Waals surface area contributed by atoms with Crippen molar-refractivity contribution in [3.05, 3.63) is 54.2 Å². The van der Waals surface area contributed by atoms with E-state index in [9.17, 15) is 8.42 Å². The fraction of sp³-hybridized carbons (Fsp3) is 0.312. The van der Waals surface area contributed by atoms with Crippen molar-refractivity contribution < 1.29 is 8.42 Å². The van der Waals surface area contributed by atoms with Crippen molar-refractivity contribution in [3.8, 4) is 0 Å². The number of hydrogen-bond donors (Lipinski definition) is 1. The first kappa shape index (κ1) is 15.0. The molecule has 0 amide bonds. The number of sulfonamides is 1. The first-order valence-electron chi connectivity index (χ1n) is 7.29. The molecular formula is C16H19N3O2S. The Morgan fingerprint density at radius 1 is 1.23 bits per heavy atom. The molecule has 0 saturated carbocycles. The highest BCUT2D eigenvalue weighted by molar-refractivity contribution is 7.89. The molecule has 1 fully saturated rings. The molecule has 6 heteroatoms. The number of aryl methyl sites for hydroxylation is 1. The second-order valence-corrected chi connectivity index (χ2v) is 7.27. The largest absolute Gasteiger partial charge is 0.355 e. The zero-order chi connectivity index (χ0) is 15.6. The summed E-state index contributed by atoms with van der Waals surface area (Å²) in [5.41, 5.74) is 0.935. The smallest absolute Gasteiger partial charge is 0.240 e. The molecule has 1 aliphatic rings. The molecule has 2 aromatic rings. The summed E-state index contributed by atoms with van der Waals surface area (Å²) >= 11 is 0. The minimum absolute atomic E-state index is 0.0903. The third kappa shape index (κ3) is 3.28. The lowest BCUT2D eigenvalue weighted by atomic mass is 10.2. The van der Waals surface area contributed by atoms with Gasteiger partial charge in [0.25, 0.3) is 0 Å². The van der Waals surface area contributed by atoms with Crippen LogP contribution in [0.3, 0.4) is 0 Å². The lowest BCUT2D eigenvalue weighted by Gasteiger charge is -2.17. The molecule has 0 spiro atoms. The summed E-state index contributed by atoms with van der Waals surface area (Å²) in [7, 11) is -3.47. The monoisotopic (exact) mass is 317 g/mol. The maximum Gasteiger partial charge on any atom is 0.240 e. The maximum absolute atomic E-state index is 12.4. The molecule has 1 aliphatic heterocycles. The van der Waals surface area contributed by atoms with Gasteiger partial charge in [-0.15, -0.1) is 0 Å². The summed E-state index contributed by atoms with van der Waals surface area (Å²) in [5, 5.41) is 0. The number of nitrogens with zero attached hydrogens (tertiary/aromatic N) is 2. The predicted octanol–water partition coefficient (Wildman–Crippen LogP) is 1.95. The molecule has 0 unspecified atom stereocenters. The van der Waals surface area contributed by atoms with Crippen LogP contribution in [-0.4, -0.2) is 32.5 Å². The van der Waals surface area contributed by atoms with Gasteiger partial charge in [0, 0.05) is 25.3 Å². The van der Waals surface area contributed by atoms with Crippen LogP contribution >= 0.6 is 0 Å². The molecule has 5 nitrogen and oxygen atoms in total. The van der Waals surface area contributed by atoms with Crippen LogP contribution in [0.1, 0.15) is 12.0 Å². The van der Waals surface area contributed by atoms with Crippen LogP contribution in [-0.2, 0) is 10.0 Å². The number of nitrogens with one attached hydrogen (secondary N) is 1. The number of hydrogen-bond acceptors (Lipinski definition) is 4. The number of aromatic nitrogens is 1. The van der Waals surface area contributed by atoms with Crippen LogP contribution in [0.25, 0.3) is 0 Å². The Kier molecular flexibility index (Phi) is 4.13. The topological polar surface area (TPSA) is 62.3 Å². The van der Waals surface area contributed by atoms with Crippen molar-refractivity contribution in [2.45, 2.75) is 24.3 Å². The van der Waals surface area contributed by atoms with Gasteiger partial charge in [-0.1, -0.05) is 18.2 Å². The van der Waals surface area contributed by atoms with E-state index in [-0.39, 0.29) is 6.04 Å². The molecule has 1 aromatic carbocycles. The molecule has 2 heterocycles. The quantitative estimate of drug-likeness (QED) is 0.936. The second kappa shape index (κ2) is 6.06. The minimum atomic E-state index is -3.47. The SMILES string of the molecule is Cc1cccc(S(=O)(=O)N[C@H]2CCN(c3ccccn3)C2)c1. The van der Waals surface area contributed by atoms with E-state index >= 15 is 0 Å². The normalized spacial score (nSPS) is 18.6. The maximum atomic E-state index is 12.4. The number of anilines is 1. The molecule has 1 saturated heterocycles. The first-order chi connectivity index (χ1) is 10.5. The molecule has 1 aromatic heterocycles. The zero-order valence-corrected chi connectivity index (χ0v) is 13.3. The standard InChI is InChI=1S/C16H19N3O2S/c1-13-5-4-6-15(11-13)22(20,21)18-14-8-10-19(12-14)16-7-2-3-9-17-16/h2-7,9,11,14,18H,8,10,12H2,1H3/t14-/m0/s1. The van der Waals surface area contributed by atoms with Crippen molar-refractivity contribution >= 4 is 15.8 Å². The molecule has 116 valence electrons. The molecule has 1 atom stereocenters. The van der Waals surface area contributed by atoms with Gasteiger partial charge in [0.2, 0.25) is 10.0 Å². The second-order valence-electron chi connectivity index (χ2n) is 5.56. The summed E-state index contributed by atoms with van der Waals surface area (Å²) in [6, 6.07) is 12.6. The number of rotatable bonds is 4. The molecular weight excluding hydrogens is 298 g/mol. The Labute approximate surface area is 131 Å². The van der Waals surface area contributed by atoms with Crippen LogP contribution in [0, 0.1) is 6.92 Å². The van der Waals surface area contributed by atoms with Crippen LogP contribution < -0.4 is 9.62 Å². The lowest BCUT2D eigenvalue weighted by molar-refractivity contribution is 0.561. The van der Waals surface area contributed by atoms with Gasteiger partial charge in [-0.25, -0.2) is 18.1 Å². The van der Waals surface area contributed by atoms with Gasteiger partial charge >= 0.3 is 0 Å². The molecule has 22 heavy (non-hydrogen) atoms. The summed E-state index contributed by atoms with van der Waals surface area (Å²) in [6.45, 7) is 3.33. The van der Waals surface area contributed by atoms with Gasteiger partial charge in [0.1, 0.15) is 5.82 Å². The minimum Gasteiger partial charge on any atom is -0.355 e. The highest BCUT2D eigenvalue weighted by Gasteiger charge is 2.27.